The summed E-state index contributed by atoms with van der Waals surface area (Å²) in [5, 5.41) is 10.8. The van der Waals surface area contributed by atoms with Crippen LogP contribution in [0.3, 0.4) is 0 Å². The fraction of sp³-hybridized carbons (Fsp3) is 0.938. The lowest BCUT2D eigenvalue weighted by atomic mass is 9.78. The van der Waals surface area contributed by atoms with Crippen LogP contribution < -0.4 is 0 Å². The molecule has 1 saturated heterocycles. The van der Waals surface area contributed by atoms with E-state index in [1.54, 1.807) is 0 Å². The van der Waals surface area contributed by atoms with Gasteiger partial charge in [0.1, 0.15) is 0 Å². The van der Waals surface area contributed by atoms with Crippen LogP contribution in [0.5, 0.6) is 0 Å². The van der Waals surface area contributed by atoms with Crippen LogP contribution in [-0.2, 0) is 9.53 Å². The van der Waals surface area contributed by atoms with Crippen molar-refractivity contribution in [1.29, 1.82) is 0 Å². The molecular formula is C16H29NO3. The minimum Gasteiger partial charge on any atom is -0.466 e. The van der Waals surface area contributed by atoms with Crippen molar-refractivity contribution in [3.05, 3.63) is 0 Å². The first-order valence-electron chi connectivity index (χ1n) is 8.17. The van der Waals surface area contributed by atoms with Crippen LogP contribution in [0.15, 0.2) is 0 Å². The quantitative estimate of drug-likeness (QED) is 0.805. The summed E-state index contributed by atoms with van der Waals surface area (Å²) in [5.74, 6) is -0.0881. The van der Waals surface area contributed by atoms with Crippen LogP contribution in [-0.4, -0.2) is 47.3 Å². The molecule has 0 aromatic heterocycles. The SMILES string of the molecule is CCOC(=O)C1CCC(O)(CN2CCCCC2C)CC1. The second-order valence-corrected chi connectivity index (χ2v) is 6.57. The minimum atomic E-state index is -0.603. The largest absolute Gasteiger partial charge is 0.466 e. The molecule has 0 radical (unpaired) electrons. The van der Waals surface area contributed by atoms with Gasteiger partial charge < -0.3 is 9.84 Å². The van der Waals surface area contributed by atoms with Gasteiger partial charge in [0.25, 0.3) is 0 Å². The summed E-state index contributed by atoms with van der Waals surface area (Å²) in [6.07, 6.45) is 6.75. The number of hydrogen-bond donors (Lipinski definition) is 1. The normalized spacial score (nSPS) is 35.8. The lowest BCUT2D eigenvalue weighted by Gasteiger charge is -2.42. The van der Waals surface area contributed by atoms with Gasteiger partial charge in [-0.1, -0.05) is 6.42 Å². The minimum absolute atomic E-state index is 0.00555. The van der Waals surface area contributed by atoms with Gasteiger partial charge in [-0.05, 0) is 58.9 Å². The summed E-state index contributed by atoms with van der Waals surface area (Å²) in [5.41, 5.74) is -0.603. The first-order chi connectivity index (χ1) is 9.54. The van der Waals surface area contributed by atoms with Crippen LogP contribution in [0, 0.1) is 5.92 Å². The summed E-state index contributed by atoms with van der Waals surface area (Å²) in [6.45, 7) is 6.42. The van der Waals surface area contributed by atoms with Gasteiger partial charge >= 0.3 is 5.97 Å². The fourth-order valence-electron chi connectivity index (χ4n) is 3.58. The third-order valence-electron chi connectivity index (χ3n) is 4.97. The van der Waals surface area contributed by atoms with Crippen molar-refractivity contribution >= 4 is 5.97 Å². The van der Waals surface area contributed by atoms with Gasteiger partial charge in [0.05, 0.1) is 18.1 Å². The van der Waals surface area contributed by atoms with Gasteiger partial charge in [-0.3, -0.25) is 9.69 Å². The van der Waals surface area contributed by atoms with E-state index in [0.717, 1.165) is 38.8 Å². The number of aliphatic hydroxyl groups is 1. The summed E-state index contributed by atoms with van der Waals surface area (Å²) < 4.78 is 5.09. The van der Waals surface area contributed by atoms with Crippen molar-refractivity contribution in [3.63, 3.8) is 0 Å². The van der Waals surface area contributed by atoms with E-state index in [1.807, 2.05) is 6.92 Å². The predicted molar refractivity (Wildman–Crippen MR) is 78.4 cm³/mol. The fourth-order valence-corrected chi connectivity index (χ4v) is 3.58. The van der Waals surface area contributed by atoms with E-state index in [1.165, 1.54) is 19.3 Å². The summed E-state index contributed by atoms with van der Waals surface area (Å²) >= 11 is 0. The highest BCUT2D eigenvalue weighted by Crippen LogP contribution is 2.34. The Morgan fingerprint density at radius 2 is 2.00 bits per heavy atom. The zero-order chi connectivity index (χ0) is 14.6. The number of carbonyl (C=O) groups is 1. The van der Waals surface area contributed by atoms with Crippen LogP contribution in [0.1, 0.15) is 58.8 Å². The van der Waals surface area contributed by atoms with Crippen molar-refractivity contribution < 1.29 is 14.6 Å². The third-order valence-corrected chi connectivity index (χ3v) is 4.97. The van der Waals surface area contributed by atoms with Crippen LogP contribution in [0.4, 0.5) is 0 Å². The van der Waals surface area contributed by atoms with E-state index in [4.69, 9.17) is 4.74 Å². The molecule has 4 heteroatoms. The zero-order valence-corrected chi connectivity index (χ0v) is 12.9. The highest BCUT2D eigenvalue weighted by atomic mass is 16.5. The Morgan fingerprint density at radius 1 is 1.30 bits per heavy atom. The van der Waals surface area contributed by atoms with Crippen molar-refractivity contribution in [2.75, 3.05) is 19.7 Å². The number of carbonyl (C=O) groups excluding carboxylic acids is 1. The van der Waals surface area contributed by atoms with Crippen LogP contribution in [0.25, 0.3) is 0 Å². The molecule has 2 fully saturated rings. The molecule has 4 nitrogen and oxygen atoms in total. The molecule has 1 N–H and O–H groups in total. The zero-order valence-electron chi connectivity index (χ0n) is 12.9. The van der Waals surface area contributed by atoms with Crippen molar-refractivity contribution in [2.24, 2.45) is 5.92 Å². The average Bonchev–Trinajstić information content (AvgIpc) is 2.42. The molecule has 0 bridgehead atoms. The molecule has 116 valence electrons. The number of likely N-dealkylation sites (tertiary alicyclic amines) is 1. The Balaban J connectivity index is 1.83. The van der Waals surface area contributed by atoms with E-state index < -0.39 is 5.60 Å². The molecule has 1 atom stereocenters. The number of ether oxygens (including phenoxy) is 1. The smallest absolute Gasteiger partial charge is 0.308 e. The van der Waals surface area contributed by atoms with Gasteiger partial charge in [0.15, 0.2) is 0 Å². The highest BCUT2D eigenvalue weighted by molar-refractivity contribution is 5.72. The first kappa shape index (κ1) is 15.8. The van der Waals surface area contributed by atoms with E-state index in [2.05, 4.69) is 11.8 Å². The van der Waals surface area contributed by atoms with Crippen LogP contribution >= 0.6 is 0 Å². The van der Waals surface area contributed by atoms with E-state index >= 15 is 0 Å². The third kappa shape index (κ3) is 3.95. The maximum atomic E-state index is 11.7. The lowest BCUT2D eigenvalue weighted by molar-refractivity contribution is -0.151. The summed E-state index contributed by atoms with van der Waals surface area (Å²) in [6, 6.07) is 0.579. The maximum Gasteiger partial charge on any atom is 0.308 e. The van der Waals surface area contributed by atoms with Gasteiger partial charge in [-0.2, -0.15) is 0 Å². The molecule has 0 spiro atoms. The number of hydrogen-bond acceptors (Lipinski definition) is 4. The highest BCUT2D eigenvalue weighted by Gasteiger charge is 2.38. The first-order valence-corrected chi connectivity index (χ1v) is 8.17. The molecule has 1 saturated carbocycles. The monoisotopic (exact) mass is 283 g/mol. The molecule has 1 unspecified atom stereocenters. The topological polar surface area (TPSA) is 49.8 Å². The molecule has 1 aliphatic carbocycles. The van der Waals surface area contributed by atoms with Crippen LogP contribution in [0.2, 0.25) is 0 Å². The van der Waals surface area contributed by atoms with Gasteiger partial charge in [-0.15, -0.1) is 0 Å². The number of piperidine rings is 1. The lowest BCUT2D eigenvalue weighted by Crippen LogP contribution is -2.50. The van der Waals surface area contributed by atoms with Crippen molar-refractivity contribution in [3.8, 4) is 0 Å². The Hall–Kier alpha value is -0.610. The molecular weight excluding hydrogens is 254 g/mol. The van der Waals surface area contributed by atoms with Gasteiger partial charge in [0, 0.05) is 12.6 Å². The predicted octanol–water partition coefficient (Wildman–Crippen LogP) is 2.35. The summed E-state index contributed by atoms with van der Waals surface area (Å²) in [4.78, 5) is 14.2. The number of esters is 1. The molecule has 1 heterocycles. The van der Waals surface area contributed by atoms with Crippen molar-refractivity contribution in [2.45, 2.75) is 70.4 Å². The second-order valence-electron chi connectivity index (χ2n) is 6.57. The molecule has 20 heavy (non-hydrogen) atoms. The molecule has 0 aromatic rings. The Kier molecular flexibility index (Phi) is 5.44. The molecule has 0 aromatic carbocycles. The standard InChI is InChI=1S/C16H29NO3/c1-3-20-15(18)14-7-9-16(19,10-8-14)12-17-11-5-4-6-13(17)2/h13-14,19H,3-12H2,1-2H3. The molecule has 0 amide bonds. The van der Waals surface area contributed by atoms with Gasteiger partial charge in [0.2, 0.25) is 0 Å². The van der Waals surface area contributed by atoms with Crippen molar-refractivity contribution in [1.82, 2.24) is 4.90 Å². The summed E-state index contributed by atoms with van der Waals surface area (Å²) in [7, 11) is 0. The molecule has 1 aliphatic heterocycles. The average molecular weight is 283 g/mol. The number of rotatable bonds is 4. The Labute approximate surface area is 122 Å². The molecule has 2 aliphatic rings. The van der Waals surface area contributed by atoms with Gasteiger partial charge in [-0.25, -0.2) is 0 Å². The maximum absolute atomic E-state index is 11.7. The number of β-amino-alcohol motifs (C(OH)–C–C–N with tert-alkyl or cyclic N) is 1. The Bertz CT molecular complexity index is 324. The second kappa shape index (κ2) is 6.90. The van der Waals surface area contributed by atoms with E-state index in [-0.39, 0.29) is 11.9 Å². The number of nitrogens with zero attached hydrogens (tertiary/aromatic N) is 1. The van der Waals surface area contributed by atoms with E-state index in [0.29, 0.717) is 12.6 Å². The molecule has 2 rings (SSSR count). The Morgan fingerprint density at radius 3 is 2.60 bits per heavy atom. The van der Waals surface area contributed by atoms with E-state index in [9.17, 15) is 9.90 Å².